The smallest absolute Gasteiger partial charge is 0.394 e. The quantitative estimate of drug-likeness (QED) is 0.332. The molecule has 0 aliphatic rings. The van der Waals surface area contributed by atoms with E-state index in [1.807, 2.05) is 0 Å². The molecule has 0 unspecified atom stereocenters. The number of nitrogens with one attached hydrogen (secondary N) is 1. The first kappa shape index (κ1) is 25.0. The van der Waals surface area contributed by atoms with E-state index in [0.717, 1.165) is 28.8 Å². The zero-order chi connectivity index (χ0) is 26.0. The third-order valence-corrected chi connectivity index (χ3v) is 5.47. The van der Waals surface area contributed by atoms with Gasteiger partial charge in [0.05, 0.1) is 36.2 Å². The zero-order valence-electron chi connectivity index (χ0n) is 18.6. The largest absolute Gasteiger partial charge is 0.416 e. The molecule has 0 spiro atoms. The van der Waals surface area contributed by atoms with E-state index in [4.69, 9.17) is 0 Å². The predicted octanol–water partition coefficient (Wildman–Crippen LogP) is 4.01. The van der Waals surface area contributed by atoms with Gasteiger partial charge in [-0.2, -0.15) is 18.2 Å². The Labute approximate surface area is 202 Å². The van der Waals surface area contributed by atoms with Crippen LogP contribution in [0.1, 0.15) is 11.1 Å². The lowest BCUT2D eigenvalue weighted by Gasteiger charge is -2.17. The molecule has 3 N–H and O–H groups in total. The van der Waals surface area contributed by atoms with E-state index in [9.17, 15) is 32.6 Å². The summed E-state index contributed by atoms with van der Waals surface area (Å²) in [7, 11) is 0. The number of halogens is 4. The maximum absolute atomic E-state index is 14.6. The third-order valence-electron chi connectivity index (χ3n) is 5.47. The van der Waals surface area contributed by atoms with Crippen LogP contribution < -0.4 is 10.9 Å². The Morgan fingerprint density at radius 2 is 1.72 bits per heavy atom. The molecular formula is C25H20F4N4O3. The van der Waals surface area contributed by atoms with E-state index in [1.54, 1.807) is 6.07 Å². The Bertz CT molecular complexity index is 1480. The Morgan fingerprint density at radius 1 is 1.03 bits per heavy atom. The first-order valence-corrected chi connectivity index (χ1v) is 10.7. The summed E-state index contributed by atoms with van der Waals surface area (Å²) >= 11 is 0. The van der Waals surface area contributed by atoms with Gasteiger partial charge >= 0.3 is 6.18 Å². The number of nitrogens with zero attached hydrogens (tertiary/aromatic N) is 3. The fourth-order valence-electron chi connectivity index (χ4n) is 3.62. The molecule has 0 atom stereocenters. The number of aromatic nitrogens is 3. The number of anilines is 1. The standard InChI is InChI=1S/C25H20F4N4O3/c1-2-14-3-4-15(11-20(14)26)22-19-9-10-21(36)33(18-7-5-16(6-8-18)25(27,28)29)23(19)32-24(31-22)30-17(12-34)13-35/h2-11,17,34-35H,1,12-13H2,(H,30,31,32). The number of hydrogen-bond acceptors (Lipinski definition) is 6. The summed E-state index contributed by atoms with van der Waals surface area (Å²) in [5.74, 6) is -0.659. The summed E-state index contributed by atoms with van der Waals surface area (Å²) < 4.78 is 54.8. The molecule has 0 radical (unpaired) electrons. The molecule has 2 heterocycles. The Kier molecular flexibility index (Phi) is 6.86. The number of benzene rings is 2. The molecule has 11 heteroatoms. The Morgan fingerprint density at radius 3 is 2.31 bits per heavy atom. The minimum atomic E-state index is -4.56. The monoisotopic (exact) mass is 500 g/mol. The molecule has 2 aromatic carbocycles. The van der Waals surface area contributed by atoms with Crippen LogP contribution >= 0.6 is 0 Å². The van der Waals surface area contributed by atoms with Gasteiger partial charge in [0.15, 0.2) is 5.65 Å². The van der Waals surface area contributed by atoms with Crippen LogP contribution in [0.3, 0.4) is 0 Å². The summed E-state index contributed by atoms with van der Waals surface area (Å²) in [6.45, 7) is 2.63. The van der Waals surface area contributed by atoms with Crippen molar-refractivity contribution >= 4 is 23.1 Å². The van der Waals surface area contributed by atoms with Crippen LogP contribution in [0, 0.1) is 5.82 Å². The molecular weight excluding hydrogens is 480 g/mol. The third kappa shape index (κ3) is 4.83. The van der Waals surface area contributed by atoms with E-state index in [1.165, 1.54) is 30.3 Å². The van der Waals surface area contributed by atoms with E-state index < -0.39 is 42.4 Å². The first-order valence-electron chi connectivity index (χ1n) is 10.7. The normalized spacial score (nSPS) is 11.8. The lowest BCUT2D eigenvalue weighted by molar-refractivity contribution is -0.137. The van der Waals surface area contributed by atoms with Gasteiger partial charge in [-0.15, -0.1) is 0 Å². The molecule has 4 aromatic rings. The molecule has 36 heavy (non-hydrogen) atoms. The SMILES string of the molecule is C=Cc1ccc(-c2nc(NC(CO)CO)nc3c2ccc(=O)n3-c2ccc(C(F)(F)F)cc2)cc1F. The second kappa shape index (κ2) is 9.88. The van der Waals surface area contributed by atoms with Gasteiger partial charge in [0.25, 0.3) is 5.56 Å². The summed E-state index contributed by atoms with van der Waals surface area (Å²) in [5, 5.41) is 22.0. The van der Waals surface area contributed by atoms with Crippen LogP contribution in [0.4, 0.5) is 23.5 Å². The number of alkyl halides is 3. The number of aliphatic hydroxyl groups is 2. The zero-order valence-corrected chi connectivity index (χ0v) is 18.6. The van der Waals surface area contributed by atoms with Crippen LogP contribution in [0.5, 0.6) is 0 Å². The van der Waals surface area contributed by atoms with Crippen LogP contribution in [0.15, 0.2) is 66.0 Å². The van der Waals surface area contributed by atoms with Gasteiger partial charge in [0.1, 0.15) is 5.82 Å². The van der Waals surface area contributed by atoms with Crippen LogP contribution in [-0.4, -0.2) is 44.0 Å². The van der Waals surface area contributed by atoms with Gasteiger partial charge in [0.2, 0.25) is 5.95 Å². The fourth-order valence-corrected chi connectivity index (χ4v) is 3.62. The first-order chi connectivity index (χ1) is 17.2. The number of rotatable bonds is 7. The van der Waals surface area contributed by atoms with Crippen LogP contribution in [0.2, 0.25) is 0 Å². The molecule has 0 amide bonds. The summed E-state index contributed by atoms with van der Waals surface area (Å²) in [5.41, 5.74) is -0.516. The van der Waals surface area contributed by atoms with Gasteiger partial charge in [-0.3, -0.25) is 9.36 Å². The van der Waals surface area contributed by atoms with Crippen molar-refractivity contribution in [3.05, 3.63) is 88.5 Å². The fraction of sp³-hybridized carbons (Fsp3) is 0.160. The number of pyridine rings is 1. The maximum atomic E-state index is 14.6. The molecule has 0 saturated heterocycles. The highest BCUT2D eigenvalue weighted by molar-refractivity contribution is 5.92. The predicted molar refractivity (Wildman–Crippen MR) is 127 cm³/mol. The van der Waals surface area contributed by atoms with E-state index in [-0.39, 0.29) is 28.5 Å². The number of hydrogen-bond donors (Lipinski definition) is 3. The topological polar surface area (TPSA) is 100 Å². The molecule has 0 aliphatic heterocycles. The van der Waals surface area contributed by atoms with Crippen molar-refractivity contribution in [3.8, 4) is 16.9 Å². The molecule has 7 nitrogen and oxygen atoms in total. The summed E-state index contributed by atoms with van der Waals surface area (Å²) in [6.07, 6.45) is -3.21. The molecule has 186 valence electrons. The van der Waals surface area contributed by atoms with Gasteiger partial charge in [0, 0.05) is 22.6 Å². The molecule has 0 saturated carbocycles. The summed E-state index contributed by atoms with van der Waals surface area (Å²) in [6, 6.07) is 10.1. The summed E-state index contributed by atoms with van der Waals surface area (Å²) in [4.78, 5) is 21.6. The highest BCUT2D eigenvalue weighted by Gasteiger charge is 2.30. The average molecular weight is 500 g/mol. The van der Waals surface area contributed by atoms with Crippen LogP contribution in [-0.2, 0) is 6.18 Å². The highest BCUT2D eigenvalue weighted by atomic mass is 19.4. The average Bonchev–Trinajstić information content (AvgIpc) is 2.86. The van der Waals surface area contributed by atoms with Crippen molar-refractivity contribution in [2.45, 2.75) is 12.2 Å². The number of fused-ring (bicyclic) bond motifs is 1. The molecule has 4 rings (SSSR count). The highest BCUT2D eigenvalue weighted by Crippen LogP contribution is 2.32. The minimum absolute atomic E-state index is 0.0255. The van der Waals surface area contributed by atoms with Crippen molar-refractivity contribution in [1.82, 2.24) is 14.5 Å². The molecule has 2 aromatic heterocycles. The van der Waals surface area contributed by atoms with Crippen molar-refractivity contribution in [1.29, 1.82) is 0 Å². The lowest BCUT2D eigenvalue weighted by atomic mass is 10.0. The van der Waals surface area contributed by atoms with E-state index in [0.29, 0.717) is 10.9 Å². The molecule has 0 fully saturated rings. The van der Waals surface area contributed by atoms with E-state index >= 15 is 0 Å². The Balaban J connectivity index is 2.00. The van der Waals surface area contributed by atoms with Crippen molar-refractivity contribution in [2.24, 2.45) is 0 Å². The van der Waals surface area contributed by atoms with Gasteiger partial charge in [-0.1, -0.05) is 24.8 Å². The number of aliphatic hydroxyl groups excluding tert-OH is 2. The second-order valence-electron chi connectivity index (χ2n) is 7.83. The molecule has 0 bridgehead atoms. The van der Waals surface area contributed by atoms with Crippen molar-refractivity contribution < 1.29 is 27.8 Å². The second-order valence-corrected chi connectivity index (χ2v) is 7.83. The van der Waals surface area contributed by atoms with Gasteiger partial charge < -0.3 is 15.5 Å². The molecule has 0 aliphatic carbocycles. The maximum Gasteiger partial charge on any atom is 0.416 e. The minimum Gasteiger partial charge on any atom is -0.394 e. The van der Waals surface area contributed by atoms with Gasteiger partial charge in [-0.05, 0) is 36.4 Å². The van der Waals surface area contributed by atoms with Crippen molar-refractivity contribution in [3.63, 3.8) is 0 Å². The van der Waals surface area contributed by atoms with E-state index in [2.05, 4.69) is 21.9 Å². The lowest BCUT2D eigenvalue weighted by Crippen LogP contribution is -2.29. The van der Waals surface area contributed by atoms with Crippen molar-refractivity contribution in [2.75, 3.05) is 18.5 Å². The van der Waals surface area contributed by atoms with Crippen LogP contribution in [0.25, 0.3) is 34.1 Å². The Hall–Kier alpha value is -4.09. The van der Waals surface area contributed by atoms with Gasteiger partial charge in [-0.25, -0.2) is 9.37 Å².